The number of epoxide rings is 1. The molecule has 5 nitrogen and oxygen atoms in total. The van der Waals surface area contributed by atoms with Crippen LogP contribution < -0.4 is 0 Å². The van der Waals surface area contributed by atoms with E-state index in [1.807, 2.05) is 0 Å². The molecule has 14 heavy (non-hydrogen) atoms. The number of esters is 2. The van der Waals surface area contributed by atoms with Crippen LogP contribution in [-0.4, -0.2) is 38.4 Å². The van der Waals surface area contributed by atoms with Gasteiger partial charge in [-0.25, -0.2) is 9.59 Å². The van der Waals surface area contributed by atoms with Crippen molar-refractivity contribution in [3.8, 4) is 0 Å². The van der Waals surface area contributed by atoms with E-state index in [1.165, 1.54) is 14.2 Å². The number of hydrogen-bond acceptors (Lipinski definition) is 5. The first-order valence-electron chi connectivity index (χ1n) is 4.06. The Morgan fingerprint density at radius 1 is 1.36 bits per heavy atom. The minimum absolute atomic E-state index is 0.187. The van der Waals surface area contributed by atoms with Gasteiger partial charge < -0.3 is 14.2 Å². The summed E-state index contributed by atoms with van der Waals surface area (Å²) >= 11 is 0. The van der Waals surface area contributed by atoms with E-state index in [2.05, 4.69) is 9.47 Å². The number of carbonyl (C=O) groups is 2. The second-order valence-electron chi connectivity index (χ2n) is 3.09. The maximum atomic E-state index is 11.3. The fourth-order valence-corrected chi connectivity index (χ4v) is 0.978. The van der Waals surface area contributed by atoms with Crippen molar-refractivity contribution in [2.75, 3.05) is 20.8 Å². The topological polar surface area (TPSA) is 65.1 Å². The molecule has 1 saturated heterocycles. The molecule has 0 bridgehead atoms. The quantitative estimate of drug-likeness (QED) is 0.366. The fraction of sp³-hybridized carbons (Fsp3) is 0.556. The Morgan fingerprint density at radius 3 is 2.29 bits per heavy atom. The summed E-state index contributed by atoms with van der Waals surface area (Å²) in [5, 5.41) is 0. The van der Waals surface area contributed by atoms with Gasteiger partial charge in [-0.1, -0.05) is 0 Å². The average molecular weight is 200 g/mol. The first-order valence-corrected chi connectivity index (χ1v) is 4.06. The molecule has 78 valence electrons. The molecule has 1 atom stereocenters. The Kier molecular flexibility index (Phi) is 2.90. The van der Waals surface area contributed by atoms with E-state index in [4.69, 9.17) is 4.74 Å². The third-order valence-corrected chi connectivity index (χ3v) is 2.02. The van der Waals surface area contributed by atoms with Crippen molar-refractivity contribution in [2.24, 2.45) is 0 Å². The number of hydrogen-bond donors (Lipinski definition) is 0. The lowest BCUT2D eigenvalue weighted by atomic mass is 10.0. The third kappa shape index (κ3) is 2.11. The highest BCUT2D eigenvalue weighted by Gasteiger charge is 2.47. The Bertz CT molecular complexity index is 288. The fourth-order valence-electron chi connectivity index (χ4n) is 0.978. The van der Waals surface area contributed by atoms with Crippen molar-refractivity contribution in [3.63, 3.8) is 0 Å². The van der Waals surface area contributed by atoms with Crippen LogP contribution in [0.4, 0.5) is 0 Å². The molecule has 0 radical (unpaired) electrons. The van der Waals surface area contributed by atoms with Gasteiger partial charge in [-0.2, -0.15) is 0 Å². The molecule has 1 unspecified atom stereocenters. The van der Waals surface area contributed by atoms with E-state index >= 15 is 0 Å². The lowest BCUT2D eigenvalue weighted by Crippen LogP contribution is -2.21. The van der Waals surface area contributed by atoms with E-state index in [1.54, 1.807) is 6.92 Å². The van der Waals surface area contributed by atoms with Gasteiger partial charge in [-0.05, 0) is 6.92 Å². The second-order valence-corrected chi connectivity index (χ2v) is 3.09. The first kappa shape index (κ1) is 10.7. The lowest BCUT2D eigenvalue weighted by molar-refractivity contribution is -0.139. The molecule has 0 spiro atoms. The van der Waals surface area contributed by atoms with Crippen LogP contribution in [0.25, 0.3) is 0 Å². The van der Waals surface area contributed by atoms with Crippen LogP contribution in [0.3, 0.4) is 0 Å². The van der Waals surface area contributed by atoms with Gasteiger partial charge in [0.05, 0.1) is 26.4 Å². The maximum Gasteiger partial charge on any atom is 0.337 e. The summed E-state index contributed by atoms with van der Waals surface area (Å²) in [4.78, 5) is 22.2. The summed E-state index contributed by atoms with van der Waals surface area (Å²) in [6.07, 6.45) is 1.10. The normalized spacial score (nSPS) is 25.5. The average Bonchev–Trinajstić information content (AvgIpc) is 2.92. The third-order valence-electron chi connectivity index (χ3n) is 2.02. The summed E-state index contributed by atoms with van der Waals surface area (Å²) in [6, 6.07) is 0. The Labute approximate surface area is 81.6 Å². The van der Waals surface area contributed by atoms with Crippen LogP contribution >= 0.6 is 0 Å². The summed E-state index contributed by atoms with van der Waals surface area (Å²) < 4.78 is 14.0. The van der Waals surface area contributed by atoms with Gasteiger partial charge in [0.1, 0.15) is 5.60 Å². The molecular formula is C9H12O5. The SMILES string of the molecule is COC(=O)/C=C(/C(=O)OC)C1(C)CO1. The molecule has 1 aliphatic heterocycles. The minimum Gasteiger partial charge on any atom is -0.466 e. The van der Waals surface area contributed by atoms with Gasteiger partial charge in [-0.3, -0.25) is 0 Å². The zero-order chi connectivity index (χ0) is 10.8. The van der Waals surface area contributed by atoms with Crippen molar-refractivity contribution in [3.05, 3.63) is 11.6 Å². The maximum absolute atomic E-state index is 11.3. The minimum atomic E-state index is -0.693. The first-order chi connectivity index (χ1) is 6.53. The Hall–Kier alpha value is -1.36. The molecule has 5 heteroatoms. The van der Waals surface area contributed by atoms with E-state index < -0.39 is 17.5 Å². The molecular weight excluding hydrogens is 188 g/mol. The van der Waals surface area contributed by atoms with Crippen molar-refractivity contribution in [1.82, 2.24) is 0 Å². The monoisotopic (exact) mass is 200 g/mol. The molecule has 0 aromatic rings. The van der Waals surface area contributed by atoms with E-state index in [9.17, 15) is 9.59 Å². The summed E-state index contributed by atoms with van der Waals surface area (Å²) in [6.45, 7) is 2.11. The molecule has 1 rings (SSSR count). The molecule has 0 N–H and O–H groups in total. The molecule has 0 amide bonds. The number of carbonyl (C=O) groups excluding carboxylic acids is 2. The van der Waals surface area contributed by atoms with Crippen LogP contribution in [0.2, 0.25) is 0 Å². The molecule has 0 saturated carbocycles. The van der Waals surface area contributed by atoms with Gasteiger partial charge in [0.15, 0.2) is 0 Å². The van der Waals surface area contributed by atoms with E-state index in [0.717, 1.165) is 6.08 Å². The van der Waals surface area contributed by atoms with E-state index in [0.29, 0.717) is 6.61 Å². The van der Waals surface area contributed by atoms with Crippen LogP contribution in [0.15, 0.2) is 11.6 Å². The highest BCUT2D eigenvalue weighted by atomic mass is 16.6. The standard InChI is InChI=1S/C9H12O5/c1-9(5-14-9)6(8(11)13-3)4-7(10)12-2/h4H,5H2,1-3H3/b6-4-. The summed E-state index contributed by atoms with van der Waals surface area (Å²) in [7, 11) is 2.49. The Balaban J connectivity index is 2.87. The van der Waals surface area contributed by atoms with Crippen molar-refractivity contribution >= 4 is 11.9 Å². The number of methoxy groups -OCH3 is 2. The van der Waals surface area contributed by atoms with Crippen molar-refractivity contribution in [2.45, 2.75) is 12.5 Å². The molecule has 1 fully saturated rings. The van der Waals surface area contributed by atoms with Gasteiger partial charge in [0.2, 0.25) is 0 Å². The van der Waals surface area contributed by atoms with Crippen LogP contribution in [-0.2, 0) is 23.8 Å². The lowest BCUT2D eigenvalue weighted by Gasteiger charge is -2.07. The van der Waals surface area contributed by atoms with E-state index in [-0.39, 0.29) is 5.57 Å². The Morgan fingerprint density at radius 2 is 1.93 bits per heavy atom. The van der Waals surface area contributed by atoms with Gasteiger partial charge >= 0.3 is 11.9 Å². The summed E-state index contributed by atoms with van der Waals surface area (Å²) in [5.74, 6) is -1.17. The zero-order valence-electron chi connectivity index (χ0n) is 8.33. The number of ether oxygens (including phenoxy) is 3. The second kappa shape index (κ2) is 3.79. The zero-order valence-corrected chi connectivity index (χ0v) is 8.33. The smallest absolute Gasteiger partial charge is 0.337 e. The van der Waals surface area contributed by atoms with Gasteiger partial charge in [0.25, 0.3) is 0 Å². The van der Waals surface area contributed by atoms with Gasteiger partial charge in [-0.15, -0.1) is 0 Å². The van der Waals surface area contributed by atoms with Crippen LogP contribution in [0, 0.1) is 0 Å². The van der Waals surface area contributed by atoms with Crippen molar-refractivity contribution < 1.29 is 23.8 Å². The van der Waals surface area contributed by atoms with Crippen LogP contribution in [0.1, 0.15) is 6.92 Å². The molecule has 0 aromatic carbocycles. The molecule has 1 aliphatic rings. The van der Waals surface area contributed by atoms with Crippen molar-refractivity contribution in [1.29, 1.82) is 0 Å². The molecule has 0 aliphatic carbocycles. The molecule has 1 heterocycles. The van der Waals surface area contributed by atoms with Gasteiger partial charge in [0, 0.05) is 6.08 Å². The predicted molar refractivity (Wildman–Crippen MR) is 46.5 cm³/mol. The highest BCUT2D eigenvalue weighted by molar-refractivity contribution is 5.98. The highest BCUT2D eigenvalue weighted by Crippen LogP contribution is 2.34. The largest absolute Gasteiger partial charge is 0.466 e. The number of rotatable bonds is 3. The summed E-state index contributed by atoms with van der Waals surface area (Å²) in [5.41, 5.74) is -0.506. The predicted octanol–water partition coefficient (Wildman–Crippen LogP) is 0.0477. The van der Waals surface area contributed by atoms with Crippen LogP contribution in [0.5, 0.6) is 0 Å². The molecule has 0 aromatic heterocycles.